The molecular formula is C15H23NO. The zero-order chi connectivity index (χ0) is 12.1. The van der Waals surface area contributed by atoms with E-state index in [4.69, 9.17) is 0 Å². The summed E-state index contributed by atoms with van der Waals surface area (Å²) in [4.78, 5) is 0. The molecule has 0 aliphatic carbocycles. The van der Waals surface area contributed by atoms with Crippen LogP contribution >= 0.6 is 0 Å². The van der Waals surface area contributed by atoms with Crippen LogP contribution in [0.5, 0.6) is 0 Å². The third-order valence-electron chi connectivity index (χ3n) is 3.85. The molecule has 2 nitrogen and oxygen atoms in total. The maximum Gasteiger partial charge on any atom is 0.0758 e. The van der Waals surface area contributed by atoms with Gasteiger partial charge < -0.3 is 10.4 Å². The van der Waals surface area contributed by atoms with Gasteiger partial charge in [-0.15, -0.1) is 0 Å². The Bertz CT molecular complexity index is 317. The van der Waals surface area contributed by atoms with Crippen molar-refractivity contribution >= 4 is 0 Å². The van der Waals surface area contributed by atoms with E-state index in [9.17, 15) is 5.11 Å². The second-order valence-corrected chi connectivity index (χ2v) is 5.10. The lowest BCUT2D eigenvalue weighted by Gasteiger charge is -2.27. The molecule has 1 fully saturated rings. The van der Waals surface area contributed by atoms with Crippen molar-refractivity contribution in [1.82, 2.24) is 5.32 Å². The normalized spacial score (nSPS) is 24.9. The summed E-state index contributed by atoms with van der Waals surface area (Å²) in [7, 11) is 0. The molecule has 3 unspecified atom stereocenters. The molecule has 1 heterocycles. The number of aliphatic hydroxyl groups excluding tert-OH is 1. The van der Waals surface area contributed by atoms with E-state index in [0.717, 1.165) is 13.0 Å². The van der Waals surface area contributed by atoms with Gasteiger partial charge in [0.2, 0.25) is 0 Å². The average molecular weight is 233 g/mol. The van der Waals surface area contributed by atoms with Crippen molar-refractivity contribution in [2.75, 3.05) is 6.54 Å². The largest absolute Gasteiger partial charge is 0.391 e. The Morgan fingerprint density at radius 1 is 1.18 bits per heavy atom. The summed E-state index contributed by atoms with van der Waals surface area (Å²) in [5.74, 6) is 0.201. The molecule has 0 aromatic heterocycles. The topological polar surface area (TPSA) is 32.3 Å². The molecule has 0 bridgehead atoms. The van der Waals surface area contributed by atoms with Gasteiger partial charge >= 0.3 is 0 Å². The first-order chi connectivity index (χ1) is 8.29. The Labute approximate surface area is 104 Å². The summed E-state index contributed by atoms with van der Waals surface area (Å²) in [5.41, 5.74) is 1.23. The fourth-order valence-electron chi connectivity index (χ4n) is 2.65. The molecular weight excluding hydrogens is 210 g/mol. The highest BCUT2D eigenvalue weighted by atomic mass is 16.3. The van der Waals surface area contributed by atoms with E-state index in [-0.39, 0.29) is 18.1 Å². The van der Waals surface area contributed by atoms with E-state index in [2.05, 4.69) is 24.4 Å². The third kappa shape index (κ3) is 3.30. The van der Waals surface area contributed by atoms with Crippen LogP contribution < -0.4 is 5.32 Å². The number of aliphatic hydroxyl groups is 1. The van der Waals surface area contributed by atoms with Gasteiger partial charge in [0.15, 0.2) is 0 Å². The lowest BCUT2D eigenvalue weighted by Crippen LogP contribution is -2.41. The summed E-state index contributed by atoms with van der Waals surface area (Å²) < 4.78 is 0. The zero-order valence-corrected chi connectivity index (χ0v) is 10.6. The summed E-state index contributed by atoms with van der Waals surface area (Å²) in [6.45, 7) is 3.16. The predicted molar refractivity (Wildman–Crippen MR) is 71.1 cm³/mol. The number of hydrogen-bond donors (Lipinski definition) is 2. The molecule has 2 rings (SSSR count). The lowest BCUT2D eigenvalue weighted by atomic mass is 9.89. The molecule has 0 radical (unpaired) electrons. The van der Waals surface area contributed by atoms with Crippen LogP contribution in [0.15, 0.2) is 30.3 Å². The molecule has 0 saturated carbocycles. The van der Waals surface area contributed by atoms with E-state index in [1.165, 1.54) is 24.8 Å². The smallest absolute Gasteiger partial charge is 0.0758 e. The third-order valence-corrected chi connectivity index (χ3v) is 3.85. The predicted octanol–water partition coefficient (Wildman–Crippen LogP) is 2.68. The van der Waals surface area contributed by atoms with Crippen LogP contribution in [0.1, 0.15) is 44.1 Å². The highest BCUT2D eigenvalue weighted by Gasteiger charge is 2.25. The van der Waals surface area contributed by atoms with Gasteiger partial charge in [0.1, 0.15) is 0 Å². The molecule has 1 aromatic carbocycles. The first kappa shape index (κ1) is 12.6. The minimum Gasteiger partial charge on any atom is -0.391 e. The summed E-state index contributed by atoms with van der Waals surface area (Å²) in [5, 5.41) is 13.9. The van der Waals surface area contributed by atoms with Crippen molar-refractivity contribution in [3.63, 3.8) is 0 Å². The molecule has 17 heavy (non-hydrogen) atoms. The minimum atomic E-state index is -0.282. The van der Waals surface area contributed by atoms with Gasteiger partial charge in [0, 0.05) is 12.0 Å². The van der Waals surface area contributed by atoms with Crippen LogP contribution in [-0.2, 0) is 0 Å². The molecule has 2 heteroatoms. The van der Waals surface area contributed by atoms with Crippen LogP contribution in [-0.4, -0.2) is 23.8 Å². The molecule has 1 aliphatic rings. The first-order valence-electron chi connectivity index (χ1n) is 6.75. The SMILES string of the molecule is CC(c1ccccc1)C(O)C1CCCCCN1. The van der Waals surface area contributed by atoms with E-state index < -0.39 is 0 Å². The Morgan fingerprint density at radius 2 is 1.94 bits per heavy atom. The molecule has 1 aliphatic heterocycles. The maximum absolute atomic E-state index is 10.5. The molecule has 3 atom stereocenters. The van der Waals surface area contributed by atoms with Gasteiger partial charge in [-0.25, -0.2) is 0 Å². The van der Waals surface area contributed by atoms with E-state index in [1.807, 2.05) is 18.2 Å². The Morgan fingerprint density at radius 3 is 2.71 bits per heavy atom. The molecule has 1 aromatic rings. The maximum atomic E-state index is 10.5. The quantitative estimate of drug-likeness (QED) is 0.841. The summed E-state index contributed by atoms with van der Waals surface area (Å²) in [6, 6.07) is 10.6. The lowest BCUT2D eigenvalue weighted by molar-refractivity contribution is 0.103. The Kier molecular flexibility index (Phi) is 4.57. The molecule has 2 N–H and O–H groups in total. The molecule has 1 saturated heterocycles. The van der Waals surface area contributed by atoms with Gasteiger partial charge in [0.25, 0.3) is 0 Å². The van der Waals surface area contributed by atoms with Gasteiger partial charge in [-0.3, -0.25) is 0 Å². The Hall–Kier alpha value is -0.860. The Balaban J connectivity index is 2.00. The minimum absolute atomic E-state index is 0.201. The van der Waals surface area contributed by atoms with Gasteiger partial charge in [-0.05, 0) is 24.9 Å². The van der Waals surface area contributed by atoms with Crippen LogP contribution in [0.3, 0.4) is 0 Å². The fourth-order valence-corrected chi connectivity index (χ4v) is 2.65. The van der Waals surface area contributed by atoms with Crippen LogP contribution in [0, 0.1) is 0 Å². The second-order valence-electron chi connectivity index (χ2n) is 5.10. The zero-order valence-electron chi connectivity index (χ0n) is 10.6. The van der Waals surface area contributed by atoms with Crippen LogP contribution in [0.25, 0.3) is 0 Å². The van der Waals surface area contributed by atoms with Crippen LogP contribution in [0.2, 0.25) is 0 Å². The van der Waals surface area contributed by atoms with Gasteiger partial charge in [-0.2, -0.15) is 0 Å². The van der Waals surface area contributed by atoms with Gasteiger partial charge in [-0.1, -0.05) is 50.1 Å². The number of nitrogens with one attached hydrogen (secondary N) is 1. The van der Waals surface area contributed by atoms with Crippen molar-refractivity contribution < 1.29 is 5.11 Å². The first-order valence-corrected chi connectivity index (χ1v) is 6.75. The second kappa shape index (κ2) is 6.18. The number of benzene rings is 1. The van der Waals surface area contributed by atoms with E-state index in [1.54, 1.807) is 0 Å². The van der Waals surface area contributed by atoms with Crippen molar-refractivity contribution in [2.24, 2.45) is 0 Å². The number of rotatable bonds is 3. The van der Waals surface area contributed by atoms with Crippen molar-refractivity contribution in [3.05, 3.63) is 35.9 Å². The van der Waals surface area contributed by atoms with E-state index in [0.29, 0.717) is 0 Å². The fraction of sp³-hybridized carbons (Fsp3) is 0.600. The molecule has 0 amide bonds. The van der Waals surface area contributed by atoms with Crippen molar-refractivity contribution in [2.45, 2.75) is 50.7 Å². The van der Waals surface area contributed by atoms with Crippen molar-refractivity contribution in [1.29, 1.82) is 0 Å². The summed E-state index contributed by atoms with van der Waals surface area (Å²) >= 11 is 0. The standard InChI is InChI=1S/C15H23NO/c1-12(13-8-4-2-5-9-13)15(17)14-10-6-3-7-11-16-14/h2,4-5,8-9,12,14-17H,3,6-7,10-11H2,1H3. The molecule has 94 valence electrons. The highest BCUT2D eigenvalue weighted by molar-refractivity contribution is 5.20. The monoisotopic (exact) mass is 233 g/mol. The number of hydrogen-bond acceptors (Lipinski definition) is 2. The average Bonchev–Trinajstić information content (AvgIpc) is 2.67. The van der Waals surface area contributed by atoms with Crippen molar-refractivity contribution in [3.8, 4) is 0 Å². The highest BCUT2D eigenvalue weighted by Crippen LogP contribution is 2.24. The van der Waals surface area contributed by atoms with E-state index >= 15 is 0 Å². The molecule has 0 spiro atoms. The van der Waals surface area contributed by atoms with Gasteiger partial charge in [0.05, 0.1) is 6.10 Å². The summed E-state index contributed by atoms with van der Waals surface area (Å²) in [6.07, 6.45) is 4.57. The van der Waals surface area contributed by atoms with Crippen LogP contribution in [0.4, 0.5) is 0 Å².